The lowest BCUT2D eigenvalue weighted by Crippen LogP contribution is -2.31. The molecule has 0 spiro atoms. The second kappa shape index (κ2) is 12.1. The maximum atomic E-state index is 10.1. The number of allylic oxidation sites excluding steroid dienone is 10. The fourth-order valence-corrected chi connectivity index (χ4v) is 3.42. The molecule has 0 radical (unpaired) electrons. The van der Waals surface area contributed by atoms with Gasteiger partial charge in [0.25, 0.3) is 11.9 Å². The number of aliphatic hydroxyl groups is 2. The molecule has 2 aromatic rings. The second-order valence-electron chi connectivity index (χ2n) is 7.69. The highest BCUT2D eigenvalue weighted by atomic mass is 16.6. The largest absolute Gasteiger partial charge is 0.481 e. The molecule has 2 aliphatic rings. The van der Waals surface area contributed by atoms with Gasteiger partial charge in [0.1, 0.15) is 13.2 Å². The Morgan fingerprint density at radius 3 is 1.57 bits per heavy atom. The molecule has 0 amide bonds. The van der Waals surface area contributed by atoms with Gasteiger partial charge in [0.05, 0.1) is 35.6 Å². The van der Waals surface area contributed by atoms with Gasteiger partial charge in [0.2, 0.25) is 0 Å². The van der Waals surface area contributed by atoms with Crippen LogP contribution in [0.1, 0.15) is 0 Å². The van der Waals surface area contributed by atoms with Crippen molar-refractivity contribution < 1.29 is 19.7 Å². The number of nitrogens with zero attached hydrogens (tertiary/aromatic N) is 3. The Balaban J connectivity index is 1.39. The quantitative estimate of drug-likeness (QED) is 0.281. The molecule has 0 saturated carbocycles. The SMILES string of the molecule is OC(OCCN(CCOC(O)=C1C=CC=C1)c1ccc(N=Nc2ccccc2)cc1)=C1C=CC=C1. The van der Waals surface area contributed by atoms with E-state index in [4.69, 9.17) is 9.47 Å². The lowest BCUT2D eigenvalue weighted by Gasteiger charge is -2.25. The Morgan fingerprint density at radius 1 is 0.629 bits per heavy atom. The van der Waals surface area contributed by atoms with Crippen LogP contribution in [0.4, 0.5) is 17.1 Å². The minimum Gasteiger partial charge on any atom is -0.481 e. The highest BCUT2D eigenvalue weighted by molar-refractivity contribution is 5.53. The molecule has 7 nitrogen and oxygen atoms in total. The Kier molecular flexibility index (Phi) is 8.16. The summed E-state index contributed by atoms with van der Waals surface area (Å²) < 4.78 is 11.1. The van der Waals surface area contributed by atoms with Gasteiger partial charge in [-0.2, -0.15) is 10.2 Å². The summed E-state index contributed by atoms with van der Waals surface area (Å²) in [5.74, 6) is -0.213. The minimum atomic E-state index is -0.106. The van der Waals surface area contributed by atoms with Crippen LogP contribution in [0.2, 0.25) is 0 Å². The van der Waals surface area contributed by atoms with Crippen molar-refractivity contribution in [1.82, 2.24) is 0 Å². The van der Waals surface area contributed by atoms with Gasteiger partial charge in [-0.3, -0.25) is 0 Å². The summed E-state index contributed by atoms with van der Waals surface area (Å²) in [6.07, 6.45) is 14.5. The van der Waals surface area contributed by atoms with E-state index in [2.05, 4.69) is 15.1 Å². The molecule has 7 heteroatoms. The number of aliphatic hydroxyl groups excluding tert-OH is 2. The van der Waals surface area contributed by atoms with E-state index in [1.807, 2.05) is 78.9 Å². The van der Waals surface area contributed by atoms with E-state index in [0.717, 1.165) is 17.1 Å². The van der Waals surface area contributed by atoms with Crippen LogP contribution in [0.15, 0.2) is 136 Å². The maximum absolute atomic E-state index is 10.1. The smallest absolute Gasteiger partial charge is 0.284 e. The van der Waals surface area contributed by atoms with E-state index in [1.165, 1.54) is 0 Å². The molecule has 4 rings (SSSR count). The lowest BCUT2D eigenvalue weighted by atomic mass is 10.2. The molecule has 0 saturated heterocycles. The standard InChI is InChI=1S/C28H27N3O4/c32-27(22-8-4-5-9-22)34-20-18-31(19-21-35-28(33)23-10-6-7-11-23)26-16-14-25(15-17-26)30-29-24-12-2-1-3-13-24/h1-17,32-33H,18-21H2. The van der Waals surface area contributed by atoms with E-state index in [0.29, 0.717) is 24.2 Å². The number of hydrogen-bond donors (Lipinski definition) is 2. The van der Waals surface area contributed by atoms with Crippen molar-refractivity contribution in [1.29, 1.82) is 0 Å². The van der Waals surface area contributed by atoms with E-state index in [1.54, 1.807) is 24.3 Å². The predicted octanol–water partition coefficient (Wildman–Crippen LogP) is 6.73. The number of ether oxygens (including phenoxy) is 2. The molecule has 0 bridgehead atoms. The summed E-state index contributed by atoms with van der Waals surface area (Å²) in [5.41, 5.74) is 3.73. The molecule has 35 heavy (non-hydrogen) atoms. The van der Waals surface area contributed by atoms with Crippen molar-refractivity contribution in [2.75, 3.05) is 31.2 Å². The first-order chi connectivity index (χ1) is 17.2. The summed E-state index contributed by atoms with van der Waals surface area (Å²) in [6, 6.07) is 17.2. The monoisotopic (exact) mass is 469 g/mol. The topological polar surface area (TPSA) is 86.9 Å². The Hall–Kier alpha value is -4.52. The first kappa shape index (κ1) is 23.6. The first-order valence-corrected chi connectivity index (χ1v) is 11.3. The van der Waals surface area contributed by atoms with Crippen LogP contribution in [-0.2, 0) is 9.47 Å². The van der Waals surface area contributed by atoms with Crippen molar-refractivity contribution in [2.24, 2.45) is 10.2 Å². The Morgan fingerprint density at radius 2 is 1.09 bits per heavy atom. The van der Waals surface area contributed by atoms with Gasteiger partial charge >= 0.3 is 0 Å². The normalized spacial score (nSPS) is 13.7. The number of hydrogen-bond acceptors (Lipinski definition) is 7. The molecule has 2 aliphatic carbocycles. The second-order valence-corrected chi connectivity index (χ2v) is 7.69. The van der Waals surface area contributed by atoms with Gasteiger partial charge in [-0.1, -0.05) is 42.5 Å². The minimum absolute atomic E-state index is 0.106. The third kappa shape index (κ3) is 6.98. The van der Waals surface area contributed by atoms with Crippen molar-refractivity contribution in [3.63, 3.8) is 0 Å². The van der Waals surface area contributed by atoms with Gasteiger partial charge in [0.15, 0.2) is 0 Å². The van der Waals surface area contributed by atoms with Crippen LogP contribution in [0.3, 0.4) is 0 Å². The summed E-state index contributed by atoms with van der Waals surface area (Å²) in [4.78, 5) is 2.05. The van der Waals surface area contributed by atoms with E-state index in [9.17, 15) is 10.2 Å². The third-order valence-electron chi connectivity index (χ3n) is 5.27. The van der Waals surface area contributed by atoms with Crippen LogP contribution in [0, 0.1) is 0 Å². The molecule has 0 atom stereocenters. The maximum Gasteiger partial charge on any atom is 0.284 e. The highest BCUT2D eigenvalue weighted by Gasteiger charge is 2.11. The van der Waals surface area contributed by atoms with Gasteiger partial charge in [-0.25, -0.2) is 0 Å². The van der Waals surface area contributed by atoms with Gasteiger partial charge < -0.3 is 24.6 Å². The molecule has 2 aromatic carbocycles. The average Bonchev–Trinajstić information content (AvgIpc) is 3.62. The predicted molar refractivity (Wildman–Crippen MR) is 137 cm³/mol. The molecule has 178 valence electrons. The Labute approximate surface area is 204 Å². The number of azo groups is 1. The number of rotatable bonds is 11. The van der Waals surface area contributed by atoms with Crippen molar-refractivity contribution in [2.45, 2.75) is 0 Å². The summed E-state index contributed by atoms with van der Waals surface area (Å²) >= 11 is 0. The molecule has 0 unspecified atom stereocenters. The van der Waals surface area contributed by atoms with E-state index in [-0.39, 0.29) is 25.1 Å². The molecular weight excluding hydrogens is 442 g/mol. The zero-order valence-electron chi connectivity index (χ0n) is 19.2. The zero-order chi connectivity index (χ0) is 24.3. The van der Waals surface area contributed by atoms with Crippen molar-refractivity contribution in [3.8, 4) is 0 Å². The highest BCUT2D eigenvalue weighted by Crippen LogP contribution is 2.23. The molecular formula is C28H27N3O4. The lowest BCUT2D eigenvalue weighted by molar-refractivity contribution is 0.0878. The molecule has 0 heterocycles. The van der Waals surface area contributed by atoms with Crippen LogP contribution >= 0.6 is 0 Å². The van der Waals surface area contributed by atoms with Gasteiger partial charge in [-0.15, -0.1) is 0 Å². The third-order valence-corrected chi connectivity index (χ3v) is 5.27. The fraction of sp³-hybridized carbons (Fsp3) is 0.143. The van der Waals surface area contributed by atoms with Gasteiger partial charge in [-0.05, 0) is 60.7 Å². The van der Waals surface area contributed by atoms with Crippen LogP contribution in [0.5, 0.6) is 0 Å². The summed E-state index contributed by atoms with van der Waals surface area (Å²) in [5, 5.41) is 28.8. The fourth-order valence-electron chi connectivity index (χ4n) is 3.42. The van der Waals surface area contributed by atoms with Crippen LogP contribution in [0.25, 0.3) is 0 Å². The molecule has 0 fully saturated rings. The van der Waals surface area contributed by atoms with Crippen LogP contribution in [-0.4, -0.2) is 36.5 Å². The van der Waals surface area contributed by atoms with Crippen molar-refractivity contribution in [3.05, 3.63) is 126 Å². The average molecular weight is 470 g/mol. The van der Waals surface area contributed by atoms with Crippen LogP contribution < -0.4 is 4.90 Å². The summed E-state index contributed by atoms with van der Waals surface area (Å²) in [6.45, 7) is 1.53. The molecule has 0 aliphatic heterocycles. The number of benzene rings is 2. The molecule has 2 N–H and O–H groups in total. The van der Waals surface area contributed by atoms with Gasteiger partial charge in [0, 0.05) is 5.69 Å². The Bertz CT molecular complexity index is 1130. The molecule has 0 aromatic heterocycles. The van der Waals surface area contributed by atoms with E-state index < -0.39 is 0 Å². The first-order valence-electron chi connectivity index (χ1n) is 11.3. The number of anilines is 1. The van der Waals surface area contributed by atoms with Crippen molar-refractivity contribution >= 4 is 17.1 Å². The van der Waals surface area contributed by atoms with E-state index >= 15 is 0 Å². The summed E-state index contributed by atoms with van der Waals surface area (Å²) in [7, 11) is 0. The zero-order valence-corrected chi connectivity index (χ0v) is 19.2.